The molecule has 0 aliphatic heterocycles. The first-order chi connectivity index (χ1) is 11.9. The topological polar surface area (TPSA) is 41.1 Å². The molecule has 1 aromatic heterocycles. The van der Waals surface area contributed by atoms with Gasteiger partial charge >= 0.3 is 0 Å². The third-order valence-corrected chi connectivity index (χ3v) is 7.04. The van der Waals surface area contributed by atoms with Crippen molar-refractivity contribution >= 4 is 17.2 Å². The first-order valence-corrected chi connectivity index (χ1v) is 10.3. The van der Waals surface area contributed by atoms with Gasteiger partial charge in [-0.1, -0.05) is 6.42 Å². The normalized spacial score (nSPS) is 29.2. The summed E-state index contributed by atoms with van der Waals surface area (Å²) in [5.74, 6) is -2.12. The van der Waals surface area contributed by atoms with Crippen LogP contribution in [0.25, 0.3) is 0 Å². The fourth-order valence-corrected chi connectivity index (χ4v) is 5.01. The highest BCUT2D eigenvalue weighted by atomic mass is 32.1. The molecule has 2 unspecified atom stereocenters. The SMILES string of the molecule is Cc1sc(C(=O)NC2CCC(F)(F)CC2)cc1C1CC1NC1CCC1. The minimum absolute atomic E-state index is 0.0984. The zero-order valence-corrected chi connectivity index (χ0v) is 15.4. The van der Waals surface area contributed by atoms with Crippen LogP contribution in [0.5, 0.6) is 0 Å². The van der Waals surface area contributed by atoms with Crippen LogP contribution in [-0.2, 0) is 0 Å². The van der Waals surface area contributed by atoms with E-state index < -0.39 is 5.92 Å². The van der Waals surface area contributed by atoms with E-state index in [1.54, 1.807) is 0 Å². The number of amides is 1. The van der Waals surface area contributed by atoms with Crippen LogP contribution < -0.4 is 10.6 Å². The molecule has 1 heterocycles. The smallest absolute Gasteiger partial charge is 0.261 e. The van der Waals surface area contributed by atoms with Crippen LogP contribution in [-0.4, -0.2) is 30.0 Å². The van der Waals surface area contributed by atoms with Crippen molar-refractivity contribution in [2.75, 3.05) is 0 Å². The molecule has 3 fully saturated rings. The number of hydrogen-bond donors (Lipinski definition) is 2. The number of rotatable bonds is 5. The Labute approximate surface area is 151 Å². The van der Waals surface area contributed by atoms with Crippen molar-refractivity contribution in [1.82, 2.24) is 10.6 Å². The van der Waals surface area contributed by atoms with Crippen molar-refractivity contribution in [3.63, 3.8) is 0 Å². The van der Waals surface area contributed by atoms with Gasteiger partial charge in [0.1, 0.15) is 0 Å². The predicted octanol–water partition coefficient (Wildman–Crippen LogP) is 4.36. The van der Waals surface area contributed by atoms with E-state index >= 15 is 0 Å². The largest absolute Gasteiger partial charge is 0.349 e. The zero-order valence-electron chi connectivity index (χ0n) is 14.6. The highest BCUT2D eigenvalue weighted by molar-refractivity contribution is 7.14. The number of carbonyl (C=O) groups is 1. The molecule has 2 atom stereocenters. The van der Waals surface area contributed by atoms with Crippen LogP contribution in [0, 0.1) is 6.92 Å². The molecule has 0 spiro atoms. The van der Waals surface area contributed by atoms with Gasteiger partial charge < -0.3 is 10.6 Å². The average molecular weight is 368 g/mol. The fourth-order valence-electron chi connectivity index (χ4n) is 4.02. The van der Waals surface area contributed by atoms with E-state index in [-0.39, 0.29) is 24.8 Å². The molecule has 1 aromatic rings. The maximum absolute atomic E-state index is 13.2. The van der Waals surface area contributed by atoms with Crippen molar-refractivity contribution in [1.29, 1.82) is 0 Å². The minimum atomic E-state index is -2.55. The Bertz CT molecular complexity index is 646. The second-order valence-electron chi connectivity index (χ2n) is 7.97. The molecular formula is C19H26F2N2OS. The zero-order chi connectivity index (χ0) is 17.6. The van der Waals surface area contributed by atoms with Crippen LogP contribution in [0.2, 0.25) is 0 Å². The summed E-state index contributed by atoms with van der Waals surface area (Å²) in [6, 6.07) is 3.17. The molecule has 1 amide bonds. The molecule has 3 nitrogen and oxygen atoms in total. The first-order valence-electron chi connectivity index (χ1n) is 9.46. The molecule has 0 saturated heterocycles. The van der Waals surface area contributed by atoms with E-state index in [1.165, 1.54) is 41.0 Å². The maximum Gasteiger partial charge on any atom is 0.261 e. The van der Waals surface area contributed by atoms with Crippen molar-refractivity contribution in [2.24, 2.45) is 0 Å². The van der Waals surface area contributed by atoms with Gasteiger partial charge in [-0.15, -0.1) is 11.3 Å². The van der Waals surface area contributed by atoms with Crippen molar-refractivity contribution in [3.05, 3.63) is 21.4 Å². The Morgan fingerprint density at radius 3 is 2.56 bits per heavy atom. The van der Waals surface area contributed by atoms with Crippen LogP contribution >= 0.6 is 11.3 Å². The van der Waals surface area contributed by atoms with Crippen LogP contribution in [0.1, 0.15) is 77.4 Å². The predicted molar refractivity (Wildman–Crippen MR) is 95.6 cm³/mol. The third kappa shape index (κ3) is 3.90. The van der Waals surface area contributed by atoms with Gasteiger partial charge in [0.2, 0.25) is 5.92 Å². The second-order valence-corrected chi connectivity index (χ2v) is 9.23. The highest BCUT2D eigenvalue weighted by Gasteiger charge is 2.42. The van der Waals surface area contributed by atoms with Gasteiger partial charge in [-0.3, -0.25) is 4.79 Å². The van der Waals surface area contributed by atoms with Crippen molar-refractivity contribution < 1.29 is 13.6 Å². The summed E-state index contributed by atoms with van der Waals surface area (Å²) in [4.78, 5) is 14.4. The van der Waals surface area contributed by atoms with E-state index in [2.05, 4.69) is 17.6 Å². The highest BCUT2D eigenvalue weighted by Crippen LogP contribution is 2.45. The summed E-state index contributed by atoms with van der Waals surface area (Å²) in [5.41, 5.74) is 1.29. The van der Waals surface area contributed by atoms with E-state index in [4.69, 9.17) is 0 Å². The van der Waals surface area contributed by atoms with Gasteiger partial charge in [-0.2, -0.15) is 0 Å². The van der Waals surface area contributed by atoms with Gasteiger partial charge in [0.15, 0.2) is 0 Å². The third-order valence-electron chi connectivity index (χ3n) is 5.98. The number of halogens is 2. The molecule has 3 aliphatic rings. The van der Waals surface area contributed by atoms with Gasteiger partial charge in [0.25, 0.3) is 5.91 Å². The van der Waals surface area contributed by atoms with Crippen molar-refractivity contribution in [2.45, 2.75) is 88.3 Å². The summed E-state index contributed by atoms with van der Waals surface area (Å²) < 4.78 is 26.5. The van der Waals surface area contributed by atoms with Gasteiger partial charge in [-0.25, -0.2) is 8.78 Å². The lowest BCUT2D eigenvalue weighted by atomic mass is 9.92. The minimum Gasteiger partial charge on any atom is -0.349 e. The van der Waals surface area contributed by atoms with Crippen LogP contribution in [0.3, 0.4) is 0 Å². The summed E-state index contributed by atoms with van der Waals surface area (Å²) in [5, 5.41) is 6.67. The van der Waals surface area contributed by atoms with E-state index in [9.17, 15) is 13.6 Å². The second kappa shape index (κ2) is 6.62. The van der Waals surface area contributed by atoms with Gasteiger partial charge in [-0.05, 0) is 50.7 Å². The number of aryl methyl sites for hydroxylation is 1. The lowest BCUT2D eigenvalue weighted by molar-refractivity contribution is -0.0399. The Morgan fingerprint density at radius 1 is 1.20 bits per heavy atom. The van der Waals surface area contributed by atoms with Crippen LogP contribution in [0.4, 0.5) is 8.78 Å². The number of alkyl halides is 2. The summed E-state index contributed by atoms with van der Waals surface area (Å²) in [7, 11) is 0. The molecule has 25 heavy (non-hydrogen) atoms. The first kappa shape index (κ1) is 17.4. The van der Waals surface area contributed by atoms with E-state index in [0.717, 1.165) is 11.3 Å². The quantitative estimate of drug-likeness (QED) is 0.811. The Balaban J connectivity index is 1.33. The number of thiophene rings is 1. The Morgan fingerprint density at radius 2 is 1.92 bits per heavy atom. The molecule has 6 heteroatoms. The molecule has 2 N–H and O–H groups in total. The van der Waals surface area contributed by atoms with E-state index in [1.807, 2.05) is 6.07 Å². The standard InChI is InChI=1S/C19H26F2N2OS/c1-11-14(15-9-16(15)22-12-3-2-4-12)10-17(25-11)18(24)23-13-5-7-19(20,21)8-6-13/h10,12-13,15-16,22H,2-9H2,1H3,(H,23,24). The lowest BCUT2D eigenvalue weighted by Crippen LogP contribution is -2.40. The van der Waals surface area contributed by atoms with E-state index in [0.29, 0.717) is 30.8 Å². The number of nitrogens with one attached hydrogen (secondary N) is 2. The average Bonchev–Trinajstić information content (AvgIpc) is 3.18. The molecule has 0 bridgehead atoms. The summed E-state index contributed by atoms with van der Waals surface area (Å²) in [6.45, 7) is 2.08. The molecule has 4 rings (SSSR count). The molecule has 138 valence electrons. The fraction of sp³-hybridized carbons (Fsp3) is 0.737. The summed E-state index contributed by atoms with van der Waals surface area (Å²) >= 11 is 1.53. The molecule has 0 aromatic carbocycles. The van der Waals surface area contributed by atoms with Gasteiger partial charge in [0, 0.05) is 41.8 Å². The number of carbonyl (C=O) groups excluding carboxylic acids is 1. The monoisotopic (exact) mass is 368 g/mol. The van der Waals surface area contributed by atoms with Crippen LogP contribution in [0.15, 0.2) is 6.07 Å². The Hall–Kier alpha value is -1.01. The maximum atomic E-state index is 13.2. The number of hydrogen-bond acceptors (Lipinski definition) is 3. The lowest BCUT2D eigenvalue weighted by Gasteiger charge is -2.28. The van der Waals surface area contributed by atoms with Gasteiger partial charge in [0.05, 0.1) is 4.88 Å². The molecule has 0 radical (unpaired) electrons. The molecular weight excluding hydrogens is 342 g/mol. The molecule has 3 saturated carbocycles. The summed E-state index contributed by atoms with van der Waals surface area (Å²) in [6.07, 6.45) is 5.57. The molecule has 3 aliphatic carbocycles. The van der Waals surface area contributed by atoms with Crippen molar-refractivity contribution in [3.8, 4) is 0 Å². The Kier molecular flexibility index (Phi) is 4.61.